The first-order chi connectivity index (χ1) is 14.9. The van der Waals surface area contributed by atoms with Gasteiger partial charge in [-0.15, -0.1) is 0 Å². The van der Waals surface area contributed by atoms with Crippen molar-refractivity contribution in [1.29, 1.82) is 0 Å². The normalized spacial score (nSPS) is 11.9. The van der Waals surface area contributed by atoms with Gasteiger partial charge in [0.15, 0.2) is 5.69 Å². The average molecular weight is 425 g/mol. The van der Waals surface area contributed by atoms with Crippen molar-refractivity contribution in [3.05, 3.63) is 53.9 Å². The lowest BCUT2D eigenvalue weighted by molar-refractivity contribution is -0.116. The summed E-state index contributed by atoms with van der Waals surface area (Å²) in [6.45, 7) is 2.03. The van der Waals surface area contributed by atoms with Crippen LogP contribution in [0.3, 0.4) is 0 Å². The molecule has 0 spiro atoms. The highest BCUT2D eigenvalue weighted by atomic mass is 16.5. The second kappa shape index (κ2) is 10.1. The molecule has 2 heterocycles. The van der Waals surface area contributed by atoms with Crippen LogP contribution in [0.5, 0.6) is 0 Å². The van der Waals surface area contributed by atoms with Crippen LogP contribution in [0, 0.1) is 0 Å². The molecule has 0 aliphatic carbocycles. The van der Waals surface area contributed by atoms with Gasteiger partial charge in [0.25, 0.3) is 0 Å². The number of nitrogens with zero attached hydrogens (tertiary/aromatic N) is 2. The molecule has 0 bridgehead atoms. The molecule has 31 heavy (non-hydrogen) atoms. The van der Waals surface area contributed by atoms with Gasteiger partial charge in [-0.25, -0.2) is 9.78 Å². The van der Waals surface area contributed by atoms with E-state index in [1.807, 2.05) is 43.3 Å². The van der Waals surface area contributed by atoms with Crippen molar-refractivity contribution in [2.75, 3.05) is 24.4 Å². The Morgan fingerprint density at radius 3 is 2.68 bits per heavy atom. The molecule has 8 heteroatoms. The summed E-state index contributed by atoms with van der Waals surface area (Å²) in [6.07, 6.45) is 3.12. The van der Waals surface area contributed by atoms with Crippen LogP contribution in [0.2, 0.25) is 0 Å². The van der Waals surface area contributed by atoms with E-state index >= 15 is 0 Å². The maximum absolute atomic E-state index is 12.7. The number of rotatable bonds is 9. The number of hydrogen-bond acceptors (Lipinski definition) is 6. The van der Waals surface area contributed by atoms with Crippen molar-refractivity contribution in [2.45, 2.75) is 32.2 Å². The summed E-state index contributed by atoms with van der Waals surface area (Å²) in [5, 5.41) is 15.9. The number of hydrogen-bond donors (Lipinski definition) is 3. The van der Waals surface area contributed by atoms with Gasteiger partial charge in [-0.2, -0.15) is 0 Å². The summed E-state index contributed by atoms with van der Waals surface area (Å²) in [6, 6.07) is 11.6. The van der Waals surface area contributed by atoms with E-state index in [1.165, 1.54) is 7.11 Å². The zero-order valence-corrected chi connectivity index (χ0v) is 18.0. The van der Waals surface area contributed by atoms with Gasteiger partial charge in [-0.1, -0.05) is 30.3 Å². The second-order valence-corrected chi connectivity index (χ2v) is 7.46. The molecular weight excluding hydrogens is 396 g/mol. The predicted octanol–water partition coefficient (Wildman–Crippen LogP) is 3.11. The van der Waals surface area contributed by atoms with Crippen LogP contribution in [-0.4, -0.2) is 46.3 Å². The number of benzene rings is 1. The van der Waals surface area contributed by atoms with Gasteiger partial charge in [0.1, 0.15) is 5.65 Å². The molecule has 0 fully saturated rings. The minimum Gasteiger partial charge on any atom is -0.464 e. The van der Waals surface area contributed by atoms with Gasteiger partial charge < -0.3 is 25.0 Å². The monoisotopic (exact) mass is 424 g/mol. The number of aromatic nitrogens is 2. The van der Waals surface area contributed by atoms with E-state index in [9.17, 15) is 9.59 Å². The number of ether oxygens (including phenoxy) is 1. The van der Waals surface area contributed by atoms with E-state index in [1.54, 1.807) is 17.8 Å². The number of carbonyl (C=O) groups excluding carboxylic acids is 2. The Bertz CT molecular complexity index is 1060. The number of aliphatic hydroxyl groups is 1. The zero-order chi connectivity index (χ0) is 22.4. The minimum atomic E-state index is -0.554. The predicted molar refractivity (Wildman–Crippen MR) is 120 cm³/mol. The van der Waals surface area contributed by atoms with E-state index in [-0.39, 0.29) is 30.7 Å². The summed E-state index contributed by atoms with van der Waals surface area (Å²) in [5.74, 6) is -0.754. The van der Waals surface area contributed by atoms with E-state index in [2.05, 4.69) is 15.6 Å². The van der Waals surface area contributed by atoms with Crippen LogP contribution < -0.4 is 10.6 Å². The van der Waals surface area contributed by atoms with E-state index in [4.69, 9.17) is 9.84 Å². The molecule has 3 rings (SSSR count). The number of esters is 1. The van der Waals surface area contributed by atoms with Gasteiger partial charge in [-0.05, 0) is 31.4 Å². The largest absolute Gasteiger partial charge is 0.464 e. The molecule has 2 aromatic heterocycles. The van der Waals surface area contributed by atoms with Gasteiger partial charge >= 0.3 is 5.97 Å². The van der Waals surface area contributed by atoms with Crippen molar-refractivity contribution in [3.8, 4) is 0 Å². The van der Waals surface area contributed by atoms with E-state index in [0.29, 0.717) is 29.6 Å². The fourth-order valence-electron chi connectivity index (χ4n) is 3.51. The summed E-state index contributed by atoms with van der Waals surface area (Å²) in [7, 11) is 3.01. The topological polar surface area (TPSA) is 105 Å². The Morgan fingerprint density at radius 1 is 1.26 bits per heavy atom. The number of amides is 1. The van der Waals surface area contributed by atoms with Crippen LogP contribution in [0.25, 0.3) is 11.0 Å². The molecule has 3 N–H and O–H groups in total. The average Bonchev–Trinajstić information content (AvgIpc) is 3.03. The standard InChI is InChI=1S/C23H28N4O4/c1-15(11-12-28)25-17-13-18-20(21(23(30)31-3)27(2)22(18)24-14-17)26-19(29)10-9-16-7-5-4-6-8-16/h4-8,13-15,25,28H,9-12H2,1-3H3,(H,26,29)/t15-/m1/s1. The SMILES string of the molecule is COC(=O)c1c(NC(=O)CCc2ccccc2)c2cc(N[C@H](C)CCO)cnc2n1C. The smallest absolute Gasteiger partial charge is 0.356 e. The number of anilines is 2. The molecule has 8 nitrogen and oxygen atoms in total. The molecule has 1 amide bonds. The van der Waals surface area contributed by atoms with Crippen LogP contribution >= 0.6 is 0 Å². The van der Waals surface area contributed by atoms with E-state index < -0.39 is 5.97 Å². The Labute approximate surface area is 181 Å². The fourth-order valence-corrected chi connectivity index (χ4v) is 3.51. The molecule has 0 radical (unpaired) electrons. The second-order valence-electron chi connectivity index (χ2n) is 7.46. The molecule has 0 aliphatic rings. The van der Waals surface area contributed by atoms with E-state index in [0.717, 1.165) is 11.3 Å². The summed E-state index contributed by atoms with van der Waals surface area (Å²) in [4.78, 5) is 29.7. The first-order valence-corrected chi connectivity index (χ1v) is 10.2. The Balaban J connectivity index is 1.92. The molecule has 1 aromatic carbocycles. The van der Waals surface area contributed by atoms with Crippen LogP contribution in [0.1, 0.15) is 35.8 Å². The van der Waals surface area contributed by atoms with Crippen molar-refractivity contribution < 1.29 is 19.4 Å². The van der Waals surface area contributed by atoms with Crippen molar-refractivity contribution >= 4 is 34.3 Å². The van der Waals surface area contributed by atoms with Gasteiger partial charge in [-0.3, -0.25) is 4.79 Å². The molecule has 164 valence electrons. The van der Waals surface area contributed by atoms with Crippen LogP contribution in [-0.2, 0) is 23.0 Å². The third-order valence-corrected chi connectivity index (χ3v) is 5.13. The van der Waals surface area contributed by atoms with Gasteiger partial charge in [0.05, 0.1) is 24.7 Å². The van der Waals surface area contributed by atoms with Crippen LogP contribution in [0.4, 0.5) is 11.4 Å². The lowest BCUT2D eigenvalue weighted by Gasteiger charge is -2.13. The summed E-state index contributed by atoms with van der Waals surface area (Å²) in [5.41, 5.74) is 2.97. The molecule has 1 atom stereocenters. The summed E-state index contributed by atoms with van der Waals surface area (Å²) >= 11 is 0. The minimum absolute atomic E-state index is 0.0388. The van der Waals surface area contributed by atoms with Crippen molar-refractivity contribution in [3.63, 3.8) is 0 Å². The third kappa shape index (κ3) is 5.21. The maximum atomic E-state index is 12.7. The molecule has 0 saturated carbocycles. The maximum Gasteiger partial charge on any atom is 0.356 e. The number of carbonyl (C=O) groups is 2. The number of aliphatic hydroxyl groups excluding tert-OH is 1. The Hall–Kier alpha value is -3.39. The highest BCUT2D eigenvalue weighted by molar-refractivity contribution is 6.11. The molecule has 0 unspecified atom stereocenters. The molecular formula is C23H28N4O4. The number of pyridine rings is 1. The highest BCUT2D eigenvalue weighted by Gasteiger charge is 2.24. The Kier molecular flexibility index (Phi) is 7.25. The third-order valence-electron chi connectivity index (χ3n) is 5.13. The summed E-state index contributed by atoms with van der Waals surface area (Å²) < 4.78 is 6.56. The van der Waals surface area contributed by atoms with Crippen molar-refractivity contribution in [2.24, 2.45) is 7.05 Å². The number of fused-ring (bicyclic) bond motifs is 1. The Morgan fingerprint density at radius 2 is 2.00 bits per heavy atom. The lowest BCUT2D eigenvalue weighted by atomic mass is 10.1. The number of methoxy groups -OCH3 is 1. The number of aryl methyl sites for hydroxylation is 2. The quantitative estimate of drug-likeness (QED) is 0.456. The van der Waals surface area contributed by atoms with Gasteiger partial charge in [0, 0.05) is 31.5 Å². The first-order valence-electron chi connectivity index (χ1n) is 10.2. The fraction of sp³-hybridized carbons (Fsp3) is 0.348. The highest BCUT2D eigenvalue weighted by Crippen LogP contribution is 2.32. The molecule has 0 saturated heterocycles. The number of nitrogens with one attached hydrogen (secondary N) is 2. The first kappa shape index (κ1) is 22.3. The zero-order valence-electron chi connectivity index (χ0n) is 18.0. The molecule has 0 aliphatic heterocycles. The van der Waals surface area contributed by atoms with Gasteiger partial charge in [0.2, 0.25) is 5.91 Å². The van der Waals surface area contributed by atoms with Crippen LogP contribution in [0.15, 0.2) is 42.6 Å². The van der Waals surface area contributed by atoms with Crippen molar-refractivity contribution in [1.82, 2.24) is 9.55 Å². The molecule has 3 aromatic rings. The lowest BCUT2D eigenvalue weighted by Crippen LogP contribution is -2.17.